The first-order valence-electron chi connectivity index (χ1n) is 12.1. The molecule has 194 valence electrons. The van der Waals surface area contributed by atoms with Crippen molar-refractivity contribution in [2.45, 2.75) is 55.9 Å². The van der Waals surface area contributed by atoms with E-state index < -0.39 is 10.8 Å². The van der Waals surface area contributed by atoms with Crippen LogP contribution in [0.4, 0.5) is 0 Å². The number of hydrogen-bond donors (Lipinski definition) is 2. The number of hydrogen-bond acceptors (Lipinski definition) is 8. The first-order valence-corrected chi connectivity index (χ1v) is 15.2. The number of aromatic amines is 1. The molecule has 0 radical (unpaired) electrons. The summed E-state index contributed by atoms with van der Waals surface area (Å²) in [5.74, 6) is 1.60. The molecular formula is C26H34N4O3S3. The highest BCUT2D eigenvalue weighted by molar-refractivity contribution is 7.99. The van der Waals surface area contributed by atoms with Crippen LogP contribution < -0.4 is 4.72 Å². The molecule has 5 heterocycles. The highest BCUT2D eigenvalue weighted by atomic mass is 32.2. The van der Waals surface area contributed by atoms with Gasteiger partial charge in [-0.3, -0.25) is 13.7 Å². The number of H-pyrrole nitrogens is 1. The zero-order valence-electron chi connectivity index (χ0n) is 21.2. The molecule has 2 aliphatic heterocycles. The minimum atomic E-state index is -0.644. The van der Waals surface area contributed by atoms with Gasteiger partial charge >= 0.3 is 0 Å². The molecule has 10 heteroatoms. The summed E-state index contributed by atoms with van der Waals surface area (Å²) < 4.78 is 20.8. The summed E-state index contributed by atoms with van der Waals surface area (Å²) >= 11 is 3.46. The molecule has 2 atom stereocenters. The fourth-order valence-corrected chi connectivity index (χ4v) is 7.59. The molecule has 5 rings (SSSR count). The van der Waals surface area contributed by atoms with Crippen molar-refractivity contribution < 1.29 is 13.7 Å². The second kappa shape index (κ2) is 11.9. The monoisotopic (exact) mass is 546 g/mol. The lowest BCUT2D eigenvalue weighted by Gasteiger charge is -2.21. The maximum atomic E-state index is 11.6. The number of fused-ring (bicyclic) bond motifs is 1. The number of allylic oxidation sites excluding steroid dienone is 1. The Balaban J connectivity index is 0.000000384. The van der Waals surface area contributed by atoms with Crippen molar-refractivity contribution in [3.63, 3.8) is 0 Å². The molecule has 0 amide bonds. The molecule has 0 saturated carbocycles. The standard InChI is InChI=1S/C21H24N4OS3.C5H10O2/c1-25-9-2-3-14(12-25)18-11-17-16(6-8-22-21(17)23-18)19-4-5-20(27-19)28-24-15-7-10-29(26)13-15;1-5(2,3)7-4-6/h4-6,8,11-12,15,24H,2-3,7,9-10,13H2,1H3,(H,22,23);4H,1-3H3. The number of thiophene rings is 1. The zero-order valence-corrected chi connectivity index (χ0v) is 23.7. The van der Waals surface area contributed by atoms with E-state index in [1.54, 1.807) is 23.3 Å². The van der Waals surface area contributed by atoms with Crippen LogP contribution in [-0.2, 0) is 20.3 Å². The van der Waals surface area contributed by atoms with E-state index in [1.165, 1.54) is 37.7 Å². The molecule has 1 fully saturated rings. The number of nitrogens with one attached hydrogen (secondary N) is 2. The third-order valence-electron chi connectivity index (χ3n) is 5.87. The van der Waals surface area contributed by atoms with Crippen molar-refractivity contribution in [1.82, 2.24) is 19.6 Å². The van der Waals surface area contributed by atoms with Crippen LogP contribution in [0.3, 0.4) is 0 Å². The number of ether oxygens (including phenoxy) is 1. The fourth-order valence-electron chi connectivity index (χ4n) is 4.10. The van der Waals surface area contributed by atoms with E-state index in [4.69, 9.17) is 0 Å². The van der Waals surface area contributed by atoms with E-state index in [2.05, 4.69) is 61.8 Å². The van der Waals surface area contributed by atoms with Gasteiger partial charge in [-0.15, -0.1) is 11.3 Å². The maximum Gasteiger partial charge on any atom is 0.293 e. The minimum Gasteiger partial charge on any atom is -0.462 e. The lowest BCUT2D eigenvalue weighted by atomic mass is 10.0. The van der Waals surface area contributed by atoms with E-state index in [-0.39, 0.29) is 5.60 Å². The van der Waals surface area contributed by atoms with E-state index in [1.807, 2.05) is 27.0 Å². The van der Waals surface area contributed by atoms with Gasteiger partial charge in [0.25, 0.3) is 6.47 Å². The van der Waals surface area contributed by atoms with E-state index in [0.717, 1.165) is 36.5 Å². The van der Waals surface area contributed by atoms with Crippen LogP contribution in [-0.4, -0.2) is 62.3 Å². The van der Waals surface area contributed by atoms with Crippen molar-refractivity contribution in [1.29, 1.82) is 0 Å². The predicted molar refractivity (Wildman–Crippen MR) is 151 cm³/mol. The summed E-state index contributed by atoms with van der Waals surface area (Å²) in [6, 6.07) is 9.07. The number of nitrogens with zero attached hydrogens (tertiary/aromatic N) is 2. The molecule has 0 aromatic carbocycles. The van der Waals surface area contributed by atoms with Crippen molar-refractivity contribution in [3.05, 3.63) is 42.4 Å². The summed E-state index contributed by atoms with van der Waals surface area (Å²) in [5.41, 5.74) is 4.38. The third-order valence-corrected chi connectivity index (χ3v) is 9.53. The Morgan fingerprint density at radius 3 is 2.83 bits per heavy atom. The normalized spacial score (nSPS) is 20.1. The van der Waals surface area contributed by atoms with Gasteiger partial charge in [-0.25, -0.2) is 4.98 Å². The van der Waals surface area contributed by atoms with Crippen LogP contribution >= 0.6 is 23.3 Å². The summed E-state index contributed by atoms with van der Waals surface area (Å²) in [7, 11) is 1.49. The van der Waals surface area contributed by atoms with Crippen LogP contribution in [0.5, 0.6) is 0 Å². The van der Waals surface area contributed by atoms with Crippen molar-refractivity contribution in [3.8, 4) is 10.4 Å². The summed E-state index contributed by atoms with van der Waals surface area (Å²) in [5, 5.41) is 1.18. The highest BCUT2D eigenvalue weighted by Gasteiger charge is 2.21. The van der Waals surface area contributed by atoms with Gasteiger partial charge in [-0.1, -0.05) is 0 Å². The lowest BCUT2D eigenvalue weighted by Crippen LogP contribution is -2.22. The van der Waals surface area contributed by atoms with Gasteiger partial charge in [0.15, 0.2) is 0 Å². The molecular weight excluding hydrogens is 513 g/mol. The molecule has 2 unspecified atom stereocenters. The predicted octanol–water partition coefficient (Wildman–Crippen LogP) is 5.43. The summed E-state index contributed by atoms with van der Waals surface area (Å²) in [4.78, 5) is 21.2. The Kier molecular flexibility index (Phi) is 8.92. The van der Waals surface area contributed by atoms with E-state index in [9.17, 15) is 9.00 Å². The summed E-state index contributed by atoms with van der Waals surface area (Å²) in [6.45, 7) is 7.04. The Labute approximate surface area is 223 Å². The van der Waals surface area contributed by atoms with Crippen LogP contribution in [0.25, 0.3) is 27.0 Å². The molecule has 0 bridgehead atoms. The number of pyridine rings is 1. The van der Waals surface area contributed by atoms with Crippen molar-refractivity contribution in [2.24, 2.45) is 0 Å². The van der Waals surface area contributed by atoms with E-state index in [0.29, 0.717) is 12.5 Å². The number of carbonyl (C=O) groups excluding carboxylic acids is 1. The van der Waals surface area contributed by atoms with Crippen LogP contribution in [0.2, 0.25) is 0 Å². The van der Waals surface area contributed by atoms with Gasteiger partial charge in [-0.2, -0.15) is 0 Å². The average Bonchev–Trinajstić information content (AvgIpc) is 3.56. The number of carbonyl (C=O) groups is 1. The molecule has 0 spiro atoms. The third kappa shape index (κ3) is 7.21. The van der Waals surface area contributed by atoms with Crippen LogP contribution in [0.1, 0.15) is 45.7 Å². The number of aromatic nitrogens is 2. The number of rotatable bonds is 6. The van der Waals surface area contributed by atoms with Crippen LogP contribution in [0.15, 0.2) is 40.9 Å². The Bertz CT molecular complexity index is 1240. The van der Waals surface area contributed by atoms with Crippen molar-refractivity contribution in [2.75, 3.05) is 25.1 Å². The fraction of sp³-hybridized carbons (Fsp3) is 0.462. The Hall–Kier alpha value is -2.14. The first-order chi connectivity index (χ1) is 17.2. The minimum absolute atomic E-state index is 0.318. The average molecular weight is 547 g/mol. The van der Waals surface area contributed by atoms with Crippen molar-refractivity contribution >= 4 is 57.2 Å². The molecule has 2 aliphatic rings. The Morgan fingerprint density at radius 2 is 2.17 bits per heavy atom. The van der Waals surface area contributed by atoms with Crippen LogP contribution in [0, 0.1) is 0 Å². The molecule has 3 aromatic rings. The first kappa shape index (κ1) is 26.9. The quantitative estimate of drug-likeness (QED) is 0.315. The topological polar surface area (TPSA) is 87.3 Å². The van der Waals surface area contributed by atoms with Gasteiger partial charge in [0.1, 0.15) is 11.2 Å². The molecule has 36 heavy (non-hydrogen) atoms. The van der Waals surface area contributed by atoms with Gasteiger partial charge < -0.3 is 14.6 Å². The smallest absolute Gasteiger partial charge is 0.293 e. The van der Waals surface area contributed by atoms with E-state index >= 15 is 0 Å². The zero-order chi connectivity index (χ0) is 25.7. The lowest BCUT2D eigenvalue weighted by molar-refractivity contribution is -0.138. The van der Waals surface area contributed by atoms with Gasteiger partial charge in [0.05, 0.1) is 4.21 Å². The molecule has 0 aliphatic carbocycles. The Morgan fingerprint density at radius 1 is 1.33 bits per heavy atom. The SMILES string of the molecule is CC(C)(C)OC=O.CN1C=C(c2cc3c(-c4ccc(SNC5CCS(=O)C5)s4)ccnc3[nH]2)CCC1. The highest BCUT2D eigenvalue weighted by Crippen LogP contribution is 2.37. The largest absolute Gasteiger partial charge is 0.462 e. The maximum absolute atomic E-state index is 11.6. The second-order valence-electron chi connectivity index (χ2n) is 10.0. The summed E-state index contributed by atoms with van der Waals surface area (Å²) in [6.07, 6.45) is 7.42. The molecule has 1 saturated heterocycles. The second-order valence-corrected chi connectivity index (χ2v) is 13.8. The molecule has 7 nitrogen and oxygen atoms in total. The molecule has 2 N–H and O–H groups in total. The van der Waals surface area contributed by atoms with Gasteiger partial charge in [0.2, 0.25) is 0 Å². The van der Waals surface area contributed by atoms with Gasteiger partial charge in [0, 0.05) is 75.9 Å². The molecule has 3 aromatic heterocycles. The van der Waals surface area contributed by atoms with Gasteiger partial charge in [-0.05, 0) is 81.8 Å².